The summed E-state index contributed by atoms with van der Waals surface area (Å²) in [5.41, 5.74) is 13.2. The van der Waals surface area contributed by atoms with Crippen molar-refractivity contribution in [2.45, 2.75) is 46.2 Å². The number of rotatable bonds is 6. The molecule has 1 aliphatic heterocycles. The van der Waals surface area contributed by atoms with Crippen molar-refractivity contribution >= 4 is 22.3 Å². The number of fused-ring (bicyclic) bond motifs is 1. The summed E-state index contributed by atoms with van der Waals surface area (Å²) in [5, 5.41) is 1.14. The molecule has 0 radical (unpaired) electrons. The van der Waals surface area contributed by atoms with E-state index in [0.29, 0.717) is 5.70 Å². The quantitative estimate of drug-likeness (QED) is 0.726. The third kappa shape index (κ3) is 5.15. The van der Waals surface area contributed by atoms with E-state index < -0.39 is 0 Å². The number of pyridine rings is 1. The summed E-state index contributed by atoms with van der Waals surface area (Å²) in [7, 11) is 4.15. The lowest BCUT2D eigenvalue weighted by Crippen LogP contribution is -2.43. The molecule has 2 heterocycles. The predicted octanol–water partition coefficient (Wildman–Crippen LogP) is 4.36. The zero-order valence-corrected chi connectivity index (χ0v) is 19.1. The molecular formula is C25H35N5. The highest BCUT2D eigenvalue weighted by Gasteiger charge is 2.20. The van der Waals surface area contributed by atoms with E-state index in [9.17, 15) is 0 Å². The van der Waals surface area contributed by atoms with E-state index in [1.807, 2.05) is 6.92 Å². The molecule has 2 N–H and O–H groups in total. The van der Waals surface area contributed by atoms with E-state index in [4.69, 9.17) is 15.7 Å². The Morgan fingerprint density at radius 3 is 2.80 bits per heavy atom. The molecular weight excluding hydrogens is 370 g/mol. The number of piperidine rings is 1. The van der Waals surface area contributed by atoms with E-state index in [2.05, 4.69) is 74.7 Å². The molecule has 3 rings (SSSR count). The van der Waals surface area contributed by atoms with Crippen LogP contribution in [0.2, 0.25) is 0 Å². The van der Waals surface area contributed by atoms with Gasteiger partial charge in [0.1, 0.15) is 0 Å². The summed E-state index contributed by atoms with van der Waals surface area (Å²) in [5.74, 6) is 0. The third-order valence-corrected chi connectivity index (χ3v) is 5.59. The SMILES string of the molecule is C=C(N=C(C)/C(=C\C)N1CCCC(N)C1)c1nc2cc(CN(C)C)ccc2cc1C. The maximum absolute atomic E-state index is 6.19. The second-order valence-electron chi connectivity index (χ2n) is 8.58. The Balaban J connectivity index is 1.89. The topological polar surface area (TPSA) is 57.8 Å². The van der Waals surface area contributed by atoms with Gasteiger partial charge in [-0.1, -0.05) is 24.8 Å². The van der Waals surface area contributed by atoms with Crippen molar-refractivity contribution in [3.8, 4) is 0 Å². The number of hydrogen-bond donors (Lipinski definition) is 1. The second kappa shape index (κ2) is 9.54. The molecule has 5 nitrogen and oxygen atoms in total. The lowest BCUT2D eigenvalue weighted by Gasteiger charge is -2.34. The van der Waals surface area contributed by atoms with Crippen molar-refractivity contribution in [1.29, 1.82) is 0 Å². The molecule has 0 saturated carbocycles. The van der Waals surface area contributed by atoms with Gasteiger partial charge < -0.3 is 15.5 Å². The molecule has 0 amide bonds. The van der Waals surface area contributed by atoms with Crippen LogP contribution in [0.4, 0.5) is 0 Å². The minimum absolute atomic E-state index is 0.227. The van der Waals surface area contributed by atoms with E-state index in [1.54, 1.807) is 0 Å². The van der Waals surface area contributed by atoms with Crippen LogP contribution in [-0.4, -0.2) is 53.7 Å². The molecule has 0 aliphatic carbocycles. The summed E-state index contributed by atoms with van der Waals surface area (Å²) < 4.78 is 0. The smallest absolute Gasteiger partial charge is 0.0917 e. The predicted molar refractivity (Wildman–Crippen MR) is 129 cm³/mol. The van der Waals surface area contributed by atoms with E-state index >= 15 is 0 Å². The maximum atomic E-state index is 6.19. The number of hydrogen-bond acceptors (Lipinski definition) is 5. The minimum Gasteiger partial charge on any atom is -0.369 e. The van der Waals surface area contributed by atoms with E-state index in [0.717, 1.165) is 66.0 Å². The Morgan fingerprint density at radius 1 is 1.37 bits per heavy atom. The van der Waals surface area contributed by atoms with E-state index in [1.165, 1.54) is 5.56 Å². The minimum atomic E-state index is 0.227. The molecule has 1 fully saturated rings. The summed E-state index contributed by atoms with van der Waals surface area (Å²) >= 11 is 0. The maximum Gasteiger partial charge on any atom is 0.0917 e. The van der Waals surface area contributed by atoms with Crippen molar-refractivity contribution in [3.05, 3.63) is 59.4 Å². The van der Waals surface area contributed by atoms with Gasteiger partial charge in [-0.3, -0.25) is 0 Å². The van der Waals surface area contributed by atoms with Gasteiger partial charge >= 0.3 is 0 Å². The fourth-order valence-electron chi connectivity index (χ4n) is 4.24. The zero-order chi connectivity index (χ0) is 21.8. The van der Waals surface area contributed by atoms with Crippen LogP contribution in [0.3, 0.4) is 0 Å². The highest BCUT2D eigenvalue weighted by atomic mass is 15.2. The Hall–Kier alpha value is -2.50. The molecule has 0 spiro atoms. The highest BCUT2D eigenvalue weighted by molar-refractivity contribution is 6.00. The fraction of sp³-hybridized carbons (Fsp3) is 0.440. The van der Waals surface area contributed by atoms with Gasteiger partial charge in [0.05, 0.1) is 28.3 Å². The molecule has 1 unspecified atom stereocenters. The number of nitrogens with zero attached hydrogens (tertiary/aromatic N) is 4. The molecule has 1 aromatic heterocycles. The van der Waals surface area contributed by atoms with Crippen molar-refractivity contribution in [2.75, 3.05) is 27.2 Å². The molecule has 1 aliphatic rings. The lowest BCUT2D eigenvalue weighted by atomic mass is 10.0. The Labute approximate surface area is 181 Å². The van der Waals surface area contributed by atoms with Crippen molar-refractivity contribution < 1.29 is 0 Å². The number of aromatic nitrogens is 1. The molecule has 1 saturated heterocycles. The lowest BCUT2D eigenvalue weighted by molar-refractivity contribution is 0.270. The summed E-state index contributed by atoms with van der Waals surface area (Å²) in [6, 6.07) is 8.88. The first-order valence-electron chi connectivity index (χ1n) is 10.7. The number of aliphatic imine (C=N–C) groups is 1. The number of nitrogens with two attached hydrogens (primary N) is 1. The average Bonchev–Trinajstić information content (AvgIpc) is 2.67. The molecule has 30 heavy (non-hydrogen) atoms. The Morgan fingerprint density at radius 2 is 2.13 bits per heavy atom. The van der Waals surface area contributed by atoms with Crippen LogP contribution in [0.1, 0.15) is 43.5 Å². The number of likely N-dealkylation sites (tertiary alicyclic amines) is 1. The van der Waals surface area contributed by atoms with E-state index in [-0.39, 0.29) is 6.04 Å². The van der Waals surface area contributed by atoms with Gasteiger partial charge in [0.2, 0.25) is 0 Å². The van der Waals surface area contributed by atoms with Gasteiger partial charge in [0, 0.05) is 31.1 Å². The first-order valence-corrected chi connectivity index (χ1v) is 10.7. The summed E-state index contributed by atoms with van der Waals surface area (Å²) in [6.07, 6.45) is 4.33. The van der Waals surface area contributed by atoms with Crippen LogP contribution < -0.4 is 5.73 Å². The van der Waals surface area contributed by atoms with Crippen LogP contribution in [0.25, 0.3) is 16.6 Å². The largest absolute Gasteiger partial charge is 0.369 e. The summed E-state index contributed by atoms with van der Waals surface area (Å²) in [4.78, 5) is 14.3. The summed E-state index contributed by atoms with van der Waals surface area (Å²) in [6.45, 7) is 13.2. The van der Waals surface area contributed by atoms with Gasteiger partial charge in [0.25, 0.3) is 0 Å². The number of allylic oxidation sites excluding steroid dienone is 2. The van der Waals surface area contributed by atoms with Gasteiger partial charge in [-0.25, -0.2) is 9.98 Å². The van der Waals surface area contributed by atoms with Gasteiger partial charge in [0.15, 0.2) is 0 Å². The number of aryl methyl sites for hydroxylation is 1. The molecule has 2 aromatic rings. The van der Waals surface area contributed by atoms with Crippen molar-refractivity contribution in [1.82, 2.24) is 14.8 Å². The van der Waals surface area contributed by atoms with Crippen molar-refractivity contribution in [2.24, 2.45) is 10.7 Å². The van der Waals surface area contributed by atoms with Crippen LogP contribution in [0.5, 0.6) is 0 Å². The monoisotopic (exact) mass is 405 g/mol. The zero-order valence-electron chi connectivity index (χ0n) is 19.1. The first kappa shape index (κ1) is 22.2. The molecule has 160 valence electrons. The third-order valence-electron chi connectivity index (χ3n) is 5.59. The first-order chi connectivity index (χ1) is 14.3. The van der Waals surface area contributed by atoms with Crippen LogP contribution in [-0.2, 0) is 6.54 Å². The second-order valence-corrected chi connectivity index (χ2v) is 8.58. The standard InChI is InChI=1S/C25H35N5/c1-7-24(30-12-8-9-22(26)16-30)18(3)27-19(4)25-17(2)13-21-11-10-20(15-29(5)6)14-23(21)28-25/h7,10-11,13-14,22H,4,8-9,12,15-16,26H2,1-3,5-6H3/b24-7+,27-18?. The number of benzene rings is 1. The molecule has 0 bridgehead atoms. The highest BCUT2D eigenvalue weighted by Crippen LogP contribution is 2.24. The van der Waals surface area contributed by atoms with Crippen LogP contribution in [0.15, 0.2) is 47.6 Å². The molecule has 1 atom stereocenters. The van der Waals surface area contributed by atoms with Gasteiger partial charge in [-0.2, -0.15) is 0 Å². The normalized spacial score (nSPS) is 18.4. The molecule has 1 aromatic carbocycles. The fourth-order valence-corrected chi connectivity index (χ4v) is 4.24. The van der Waals surface area contributed by atoms with Crippen molar-refractivity contribution in [3.63, 3.8) is 0 Å². The average molecular weight is 406 g/mol. The van der Waals surface area contributed by atoms with Crippen LogP contribution in [0, 0.1) is 6.92 Å². The van der Waals surface area contributed by atoms with Gasteiger partial charge in [-0.15, -0.1) is 0 Å². The van der Waals surface area contributed by atoms with Gasteiger partial charge in [-0.05, 0) is 71.0 Å². The Kier molecular flexibility index (Phi) is 7.06. The molecule has 5 heteroatoms. The van der Waals surface area contributed by atoms with Crippen LogP contribution >= 0.6 is 0 Å². The Bertz CT molecular complexity index is 986.